The Morgan fingerprint density at radius 1 is 0.408 bits per heavy atom. The van der Waals surface area contributed by atoms with Crippen LogP contribution in [0.15, 0.2) is 179 Å². The van der Waals surface area contributed by atoms with Crippen molar-refractivity contribution in [2.24, 2.45) is 0 Å². The average Bonchev–Trinajstić information content (AvgIpc) is 3.80. The van der Waals surface area contributed by atoms with Gasteiger partial charge in [0.1, 0.15) is 16.7 Å². The van der Waals surface area contributed by atoms with E-state index in [0.29, 0.717) is 5.89 Å². The van der Waals surface area contributed by atoms with Gasteiger partial charge in [0, 0.05) is 33.1 Å². The molecule has 2 aromatic heterocycles. The van der Waals surface area contributed by atoms with E-state index < -0.39 is 0 Å². The zero-order chi connectivity index (χ0) is 32.3. The lowest BCUT2D eigenvalue weighted by Gasteiger charge is -2.27. The monoisotopic (exact) mass is 628 g/mol. The normalized spacial score (nSPS) is 11.7. The molecule has 2 heterocycles. The minimum absolute atomic E-state index is 0.613. The minimum atomic E-state index is 0.613. The Hall–Kier alpha value is -6.65. The van der Waals surface area contributed by atoms with Crippen LogP contribution in [0, 0.1) is 0 Å². The molecule has 4 heteroatoms. The van der Waals surface area contributed by atoms with Crippen LogP contribution in [-0.2, 0) is 0 Å². The molecule has 0 amide bonds. The van der Waals surface area contributed by atoms with Gasteiger partial charge in [0.05, 0.1) is 11.1 Å². The zero-order valence-corrected chi connectivity index (χ0v) is 26.4. The van der Waals surface area contributed by atoms with Crippen LogP contribution in [-0.4, -0.2) is 4.98 Å². The van der Waals surface area contributed by atoms with Gasteiger partial charge in [0.2, 0.25) is 5.89 Å². The summed E-state index contributed by atoms with van der Waals surface area (Å²) in [5.41, 5.74) is 9.75. The topological polar surface area (TPSA) is 42.4 Å². The molecule has 0 aliphatic heterocycles. The lowest BCUT2D eigenvalue weighted by atomic mass is 9.99. The fourth-order valence-corrected chi connectivity index (χ4v) is 7.21. The maximum Gasteiger partial charge on any atom is 0.227 e. The zero-order valence-electron chi connectivity index (χ0n) is 26.4. The molecule has 8 aromatic carbocycles. The van der Waals surface area contributed by atoms with Crippen molar-refractivity contribution in [3.8, 4) is 22.6 Å². The number of hydrogen-bond acceptors (Lipinski definition) is 4. The first-order chi connectivity index (χ1) is 24.3. The summed E-state index contributed by atoms with van der Waals surface area (Å²) in [6, 6.07) is 59.1. The highest BCUT2D eigenvalue weighted by Crippen LogP contribution is 2.45. The molecule has 0 N–H and O–H groups in total. The third-order valence-corrected chi connectivity index (χ3v) is 9.48. The summed E-state index contributed by atoms with van der Waals surface area (Å²) in [5.74, 6) is 0.613. The summed E-state index contributed by atoms with van der Waals surface area (Å²) in [6.07, 6.45) is 0. The molecule has 10 rings (SSSR count). The Bertz CT molecular complexity index is 2820. The van der Waals surface area contributed by atoms with Crippen LogP contribution < -0.4 is 4.90 Å². The van der Waals surface area contributed by atoms with E-state index >= 15 is 0 Å². The van der Waals surface area contributed by atoms with Crippen molar-refractivity contribution in [1.82, 2.24) is 4.98 Å². The predicted octanol–water partition coefficient (Wildman–Crippen LogP) is 12.8. The number of para-hydroxylation sites is 1. The molecule has 0 atom stereocenters. The van der Waals surface area contributed by atoms with Crippen LogP contribution in [0.1, 0.15) is 0 Å². The molecule has 0 aliphatic rings. The number of hydrogen-bond donors (Lipinski definition) is 0. The largest absolute Gasteiger partial charge is 0.456 e. The summed E-state index contributed by atoms with van der Waals surface area (Å²) in [6.45, 7) is 0. The van der Waals surface area contributed by atoms with Gasteiger partial charge in [0.15, 0.2) is 5.58 Å². The maximum absolute atomic E-state index is 6.56. The van der Waals surface area contributed by atoms with E-state index in [1.54, 1.807) is 0 Å². The third-order valence-electron chi connectivity index (χ3n) is 9.48. The van der Waals surface area contributed by atoms with E-state index in [0.717, 1.165) is 77.2 Å². The maximum atomic E-state index is 6.56. The summed E-state index contributed by atoms with van der Waals surface area (Å²) in [7, 11) is 0. The Morgan fingerprint density at radius 3 is 1.82 bits per heavy atom. The highest BCUT2D eigenvalue weighted by molar-refractivity contribution is 6.23. The summed E-state index contributed by atoms with van der Waals surface area (Å²) < 4.78 is 12.9. The van der Waals surface area contributed by atoms with Crippen LogP contribution in [0.25, 0.3) is 77.2 Å². The highest BCUT2D eigenvalue weighted by Gasteiger charge is 2.22. The van der Waals surface area contributed by atoms with Gasteiger partial charge >= 0.3 is 0 Å². The van der Waals surface area contributed by atoms with Crippen molar-refractivity contribution >= 4 is 71.6 Å². The number of benzene rings is 8. The van der Waals surface area contributed by atoms with E-state index in [1.807, 2.05) is 54.6 Å². The van der Waals surface area contributed by atoms with Crippen molar-refractivity contribution in [3.63, 3.8) is 0 Å². The first-order valence-corrected chi connectivity index (χ1v) is 16.5. The minimum Gasteiger partial charge on any atom is -0.456 e. The van der Waals surface area contributed by atoms with Gasteiger partial charge in [-0.1, -0.05) is 115 Å². The van der Waals surface area contributed by atoms with Crippen molar-refractivity contribution in [3.05, 3.63) is 170 Å². The predicted molar refractivity (Wildman–Crippen MR) is 202 cm³/mol. The molecular formula is C45H28N2O2. The van der Waals surface area contributed by atoms with E-state index in [1.165, 1.54) is 11.1 Å². The number of anilines is 3. The number of furan rings is 1. The molecule has 10 aromatic rings. The summed E-state index contributed by atoms with van der Waals surface area (Å²) in [5, 5.41) is 6.50. The van der Waals surface area contributed by atoms with Gasteiger partial charge < -0.3 is 13.7 Å². The van der Waals surface area contributed by atoms with Crippen molar-refractivity contribution in [2.75, 3.05) is 4.90 Å². The quantitative estimate of drug-likeness (QED) is 0.178. The van der Waals surface area contributed by atoms with Gasteiger partial charge in [-0.05, 0) is 76.5 Å². The van der Waals surface area contributed by atoms with Crippen molar-refractivity contribution in [1.29, 1.82) is 0 Å². The molecule has 0 unspecified atom stereocenters. The second-order valence-electron chi connectivity index (χ2n) is 12.3. The van der Waals surface area contributed by atoms with Gasteiger partial charge in [0.25, 0.3) is 0 Å². The Balaban J connectivity index is 1.25. The molecule has 0 saturated heterocycles. The molecule has 4 nitrogen and oxygen atoms in total. The smallest absolute Gasteiger partial charge is 0.227 e. The van der Waals surface area contributed by atoms with Crippen LogP contribution in [0.2, 0.25) is 0 Å². The average molecular weight is 629 g/mol. The molecule has 0 fully saturated rings. The van der Waals surface area contributed by atoms with Crippen LogP contribution in [0.3, 0.4) is 0 Å². The fourth-order valence-electron chi connectivity index (χ4n) is 7.21. The highest BCUT2D eigenvalue weighted by atomic mass is 16.3. The van der Waals surface area contributed by atoms with Crippen LogP contribution >= 0.6 is 0 Å². The first-order valence-electron chi connectivity index (χ1n) is 16.5. The third kappa shape index (κ3) is 4.42. The Morgan fingerprint density at radius 2 is 1.02 bits per heavy atom. The van der Waals surface area contributed by atoms with Crippen molar-refractivity contribution < 1.29 is 8.83 Å². The number of fused-ring (bicyclic) bond motifs is 9. The van der Waals surface area contributed by atoms with Crippen LogP contribution in [0.4, 0.5) is 17.1 Å². The van der Waals surface area contributed by atoms with Crippen LogP contribution in [0.5, 0.6) is 0 Å². The van der Waals surface area contributed by atoms with Crippen molar-refractivity contribution in [2.45, 2.75) is 0 Å². The van der Waals surface area contributed by atoms with E-state index in [9.17, 15) is 0 Å². The molecule has 0 saturated carbocycles. The summed E-state index contributed by atoms with van der Waals surface area (Å²) >= 11 is 0. The van der Waals surface area contributed by atoms with Gasteiger partial charge in [-0.15, -0.1) is 0 Å². The lowest BCUT2D eigenvalue weighted by Crippen LogP contribution is -2.10. The van der Waals surface area contributed by atoms with Gasteiger partial charge in [-0.25, -0.2) is 4.98 Å². The molecule has 49 heavy (non-hydrogen) atoms. The number of rotatable bonds is 5. The molecule has 0 bridgehead atoms. The SMILES string of the molecule is c1ccc(-c2ccc(N(c3ccc4c5ccccc5c5oc(-c6ccccc6)nc5c4c3)c3cccc4oc5ccccc5c34)cc2)cc1. The summed E-state index contributed by atoms with van der Waals surface area (Å²) in [4.78, 5) is 7.47. The number of aromatic nitrogens is 1. The standard InChI is InChI=1S/C45H28N2O2/c1-3-12-29(13-4-1)30-22-24-32(25-23-30)47(39-19-11-21-41-42(39)37-18-9-10-20-40(37)48-41)33-26-27-35-34-16-7-8-17-36(34)44-43(38(35)28-33)46-45(49-44)31-14-5-2-6-15-31/h1-28H. The fraction of sp³-hybridized carbons (Fsp3) is 0. The molecule has 0 radical (unpaired) electrons. The molecular weight excluding hydrogens is 601 g/mol. The molecule has 0 aliphatic carbocycles. The van der Waals surface area contributed by atoms with E-state index in [-0.39, 0.29) is 0 Å². The molecule has 0 spiro atoms. The number of oxazole rings is 1. The van der Waals surface area contributed by atoms with Gasteiger partial charge in [-0.3, -0.25) is 0 Å². The van der Waals surface area contributed by atoms with Gasteiger partial charge in [-0.2, -0.15) is 0 Å². The first kappa shape index (κ1) is 27.5. The van der Waals surface area contributed by atoms with E-state index in [2.05, 4.69) is 120 Å². The Labute approximate surface area is 282 Å². The second kappa shape index (κ2) is 11.0. The second-order valence-corrected chi connectivity index (χ2v) is 12.3. The number of nitrogens with zero attached hydrogens (tertiary/aromatic N) is 2. The molecule has 230 valence electrons. The lowest BCUT2D eigenvalue weighted by molar-refractivity contribution is 0.623. The van der Waals surface area contributed by atoms with E-state index in [4.69, 9.17) is 13.8 Å². The Kier molecular flexibility index (Phi) is 6.15.